The molecule has 2 rings (SSSR count). The van der Waals surface area contributed by atoms with E-state index in [9.17, 15) is 4.79 Å². The van der Waals surface area contributed by atoms with Crippen LogP contribution in [0.4, 0.5) is 0 Å². The fraction of sp³-hybridized carbons (Fsp3) is 0.588. The molecule has 0 bridgehead atoms. The average molecular weight is 319 g/mol. The Labute approximate surface area is 137 Å². The van der Waals surface area contributed by atoms with Gasteiger partial charge >= 0.3 is 0 Å². The van der Waals surface area contributed by atoms with Gasteiger partial charge in [0.05, 0.1) is 5.52 Å². The first-order valence-corrected chi connectivity index (χ1v) is 8.90. The van der Waals surface area contributed by atoms with Crippen LogP contribution in [0.1, 0.15) is 62.6 Å². The van der Waals surface area contributed by atoms with Crippen molar-refractivity contribution in [1.82, 2.24) is 15.0 Å². The molecule has 0 N–H and O–H groups in total. The third-order valence-corrected chi connectivity index (χ3v) is 4.20. The molecule has 0 spiro atoms. The van der Waals surface area contributed by atoms with Crippen molar-refractivity contribution in [2.45, 2.75) is 57.8 Å². The summed E-state index contributed by atoms with van der Waals surface area (Å²) in [6.07, 6.45) is 10.2. The first-order chi connectivity index (χ1) is 10.8. The standard InChI is InChI=1S/C17H25N3OS/c21-17(13-7-5-3-1-2-4-6-10-14-22)20-16-12-9-8-11-15(16)18-19-20/h8-9,11-12,22H,1-7,10,13-14H2. The quantitative estimate of drug-likeness (QED) is 0.517. The Morgan fingerprint density at radius 3 is 2.32 bits per heavy atom. The van der Waals surface area contributed by atoms with Crippen LogP contribution in [0, 0.1) is 0 Å². The van der Waals surface area contributed by atoms with Crippen molar-refractivity contribution >= 4 is 29.6 Å². The number of nitrogens with zero attached hydrogens (tertiary/aromatic N) is 3. The highest BCUT2D eigenvalue weighted by atomic mass is 32.1. The largest absolute Gasteiger partial charge is 0.273 e. The third kappa shape index (κ3) is 5.13. The number of hydrogen-bond donors (Lipinski definition) is 1. The SMILES string of the molecule is O=C(CCCCCCCCCCS)n1nnc2ccccc21. The van der Waals surface area contributed by atoms with E-state index in [4.69, 9.17) is 0 Å². The van der Waals surface area contributed by atoms with Gasteiger partial charge in [-0.2, -0.15) is 17.3 Å². The van der Waals surface area contributed by atoms with Crippen molar-refractivity contribution in [3.8, 4) is 0 Å². The van der Waals surface area contributed by atoms with E-state index in [0.717, 1.165) is 29.6 Å². The molecule has 120 valence electrons. The highest BCUT2D eigenvalue weighted by Crippen LogP contribution is 2.13. The Kier molecular flexibility index (Phi) is 7.43. The van der Waals surface area contributed by atoms with E-state index in [0.29, 0.717) is 6.42 Å². The van der Waals surface area contributed by atoms with E-state index in [-0.39, 0.29) is 5.91 Å². The lowest BCUT2D eigenvalue weighted by atomic mass is 10.1. The Morgan fingerprint density at radius 2 is 1.59 bits per heavy atom. The summed E-state index contributed by atoms with van der Waals surface area (Å²) in [5.74, 6) is 1.04. The van der Waals surface area contributed by atoms with Gasteiger partial charge in [-0.25, -0.2) is 0 Å². The summed E-state index contributed by atoms with van der Waals surface area (Å²) in [6, 6.07) is 7.57. The summed E-state index contributed by atoms with van der Waals surface area (Å²) < 4.78 is 1.44. The zero-order valence-electron chi connectivity index (χ0n) is 13.1. The number of benzene rings is 1. The number of fused-ring (bicyclic) bond motifs is 1. The Bertz CT molecular complexity index is 582. The van der Waals surface area contributed by atoms with Crippen LogP contribution < -0.4 is 0 Å². The molecule has 0 aliphatic carbocycles. The number of thiol groups is 1. The van der Waals surface area contributed by atoms with Crippen LogP contribution >= 0.6 is 12.6 Å². The van der Waals surface area contributed by atoms with Crippen LogP contribution in [-0.2, 0) is 0 Å². The molecular formula is C17H25N3OS. The van der Waals surface area contributed by atoms with E-state index in [1.165, 1.54) is 43.2 Å². The zero-order chi connectivity index (χ0) is 15.6. The Balaban J connectivity index is 1.62. The second-order valence-corrected chi connectivity index (χ2v) is 6.13. The normalized spacial score (nSPS) is 11.1. The molecule has 4 nitrogen and oxygen atoms in total. The maximum atomic E-state index is 12.2. The van der Waals surface area contributed by atoms with Gasteiger partial charge in [0.1, 0.15) is 5.52 Å². The van der Waals surface area contributed by atoms with Crippen molar-refractivity contribution in [2.75, 3.05) is 5.75 Å². The lowest BCUT2D eigenvalue weighted by Crippen LogP contribution is -2.12. The highest BCUT2D eigenvalue weighted by Gasteiger charge is 2.10. The molecule has 0 amide bonds. The molecular weight excluding hydrogens is 294 g/mol. The third-order valence-electron chi connectivity index (χ3n) is 3.89. The van der Waals surface area contributed by atoms with Gasteiger partial charge in [0.15, 0.2) is 0 Å². The van der Waals surface area contributed by atoms with Gasteiger partial charge in [-0.15, -0.1) is 5.10 Å². The average Bonchev–Trinajstić information content (AvgIpc) is 2.97. The number of carbonyl (C=O) groups is 1. The van der Waals surface area contributed by atoms with Crippen molar-refractivity contribution in [3.63, 3.8) is 0 Å². The van der Waals surface area contributed by atoms with Crippen molar-refractivity contribution < 1.29 is 4.79 Å². The van der Waals surface area contributed by atoms with Gasteiger partial charge in [-0.1, -0.05) is 55.9 Å². The van der Waals surface area contributed by atoms with Gasteiger partial charge in [-0.05, 0) is 30.7 Å². The molecule has 0 aliphatic heterocycles. The van der Waals surface area contributed by atoms with Crippen LogP contribution in [0.2, 0.25) is 0 Å². The monoisotopic (exact) mass is 319 g/mol. The fourth-order valence-electron chi connectivity index (χ4n) is 2.61. The molecule has 1 aromatic heterocycles. The topological polar surface area (TPSA) is 47.8 Å². The predicted molar refractivity (Wildman–Crippen MR) is 93.6 cm³/mol. The van der Waals surface area contributed by atoms with E-state index in [2.05, 4.69) is 22.9 Å². The minimum Gasteiger partial charge on any atom is -0.273 e. The first kappa shape index (κ1) is 17.0. The maximum absolute atomic E-state index is 12.2. The highest BCUT2D eigenvalue weighted by molar-refractivity contribution is 7.80. The van der Waals surface area contributed by atoms with Crippen LogP contribution in [-0.4, -0.2) is 26.7 Å². The molecule has 2 aromatic rings. The van der Waals surface area contributed by atoms with Crippen LogP contribution in [0.5, 0.6) is 0 Å². The molecule has 0 aliphatic rings. The number of rotatable bonds is 10. The molecule has 0 saturated heterocycles. The molecule has 5 heteroatoms. The van der Waals surface area contributed by atoms with Crippen molar-refractivity contribution in [2.24, 2.45) is 0 Å². The molecule has 0 unspecified atom stereocenters. The number of hydrogen-bond acceptors (Lipinski definition) is 4. The van der Waals surface area contributed by atoms with Gasteiger partial charge in [0, 0.05) is 6.42 Å². The summed E-state index contributed by atoms with van der Waals surface area (Å²) in [4.78, 5) is 12.2. The van der Waals surface area contributed by atoms with Gasteiger partial charge in [0.25, 0.3) is 0 Å². The molecule has 0 atom stereocenters. The van der Waals surface area contributed by atoms with Gasteiger partial charge < -0.3 is 0 Å². The molecule has 0 fully saturated rings. The molecule has 1 heterocycles. The molecule has 0 radical (unpaired) electrons. The zero-order valence-corrected chi connectivity index (χ0v) is 14.0. The van der Waals surface area contributed by atoms with Crippen LogP contribution in [0.15, 0.2) is 24.3 Å². The van der Waals surface area contributed by atoms with Gasteiger partial charge in [0.2, 0.25) is 5.91 Å². The van der Waals surface area contributed by atoms with E-state index < -0.39 is 0 Å². The smallest absolute Gasteiger partial charge is 0.248 e. The number of aromatic nitrogens is 3. The maximum Gasteiger partial charge on any atom is 0.248 e. The summed E-state index contributed by atoms with van der Waals surface area (Å²) in [7, 11) is 0. The van der Waals surface area contributed by atoms with Crippen LogP contribution in [0.3, 0.4) is 0 Å². The lowest BCUT2D eigenvalue weighted by molar-refractivity contribution is 0.0886. The summed E-state index contributed by atoms with van der Waals surface area (Å²) >= 11 is 4.22. The summed E-state index contributed by atoms with van der Waals surface area (Å²) in [5, 5.41) is 7.98. The summed E-state index contributed by atoms with van der Waals surface area (Å²) in [5.41, 5.74) is 1.58. The Hall–Kier alpha value is -1.36. The summed E-state index contributed by atoms with van der Waals surface area (Å²) in [6.45, 7) is 0. The number of unbranched alkanes of at least 4 members (excludes halogenated alkanes) is 7. The second-order valence-electron chi connectivity index (χ2n) is 5.69. The second kappa shape index (κ2) is 9.62. The predicted octanol–water partition coefficient (Wildman–Crippen LogP) is 4.51. The van der Waals surface area contributed by atoms with E-state index in [1.807, 2.05) is 24.3 Å². The molecule has 0 saturated carbocycles. The van der Waals surface area contributed by atoms with Gasteiger partial charge in [-0.3, -0.25) is 4.79 Å². The lowest BCUT2D eigenvalue weighted by Gasteiger charge is -2.02. The van der Waals surface area contributed by atoms with Crippen molar-refractivity contribution in [1.29, 1.82) is 0 Å². The van der Waals surface area contributed by atoms with Crippen molar-refractivity contribution in [3.05, 3.63) is 24.3 Å². The van der Waals surface area contributed by atoms with Crippen LogP contribution in [0.25, 0.3) is 11.0 Å². The Morgan fingerprint density at radius 1 is 0.955 bits per heavy atom. The number of carbonyl (C=O) groups excluding carboxylic acids is 1. The molecule has 22 heavy (non-hydrogen) atoms. The minimum atomic E-state index is 0.0440. The van der Waals surface area contributed by atoms with E-state index in [1.54, 1.807) is 0 Å². The minimum absolute atomic E-state index is 0.0440. The van der Waals surface area contributed by atoms with E-state index >= 15 is 0 Å². The first-order valence-electron chi connectivity index (χ1n) is 8.27. The molecule has 1 aromatic carbocycles. The fourth-order valence-corrected chi connectivity index (χ4v) is 2.83. The number of para-hydroxylation sites is 1.